The van der Waals surface area contributed by atoms with Crippen molar-refractivity contribution in [3.8, 4) is 0 Å². The molecule has 4 heteroatoms. The number of amides is 1. The normalized spacial score (nSPS) is 23.4. The van der Waals surface area contributed by atoms with Crippen molar-refractivity contribution in [3.63, 3.8) is 0 Å². The van der Waals surface area contributed by atoms with Gasteiger partial charge in [-0.2, -0.15) is 0 Å². The van der Waals surface area contributed by atoms with Crippen LogP contribution in [0.4, 0.5) is 0 Å². The fourth-order valence-corrected chi connectivity index (χ4v) is 5.52. The average molecular weight is 402 g/mol. The van der Waals surface area contributed by atoms with E-state index in [1.165, 1.54) is 36.8 Å². The van der Waals surface area contributed by atoms with Crippen LogP contribution in [0.5, 0.6) is 0 Å². The maximum Gasteiger partial charge on any atom is 0.270 e. The molecule has 0 unspecified atom stereocenters. The van der Waals surface area contributed by atoms with E-state index in [0.717, 1.165) is 30.3 Å². The number of nitrogens with one attached hydrogen (secondary N) is 2. The number of hydrogen-bond acceptors (Lipinski definition) is 2. The summed E-state index contributed by atoms with van der Waals surface area (Å²) in [5, 5.41) is 5.03. The molecule has 3 atom stereocenters. The summed E-state index contributed by atoms with van der Waals surface area (Å²) in [6, 6.07) is 20.2. The van der Waals surface area contributed by atoms with Crippen molar-refractivity contribution in [2.45, 2.75) is 63.6 Å². The molecule has 156 valence electrons. The first-order valence-corrected chi connectivity index (χ1v) is 11.5. The molecule has 1 aromatic heterocycles. The van der Waals surface area contributed by atoms with E-state index < -0.39 is 0 Å². The van der Waals surface area contributed by atoms with Crippen LogP contribution >= 0.6 is 0 Å². The van der Waals surface area contributed by atoms with Gasteiger partial charge in [-0.25, -0.2) is 0 Å². The zero-order valence-corrected chi connectivity index (χ0v) is 17.7. The van der Waals surface area contributed by atoms with Gasteiger partial charge in [0.15, 0.2) is 0 Å². The van der Waals surface area contributed by atoms with E-state index in [9.17, 15) is 4.79 Å². The van der Waals surface area contributed by atoms with Gasteiger partial charge in [0.25, 0.3) is 5.91 Å². The number of nitrogens with zero attached hydrogens (tertiary/aromatic N) is 1. The molecule has 1 saturated carbocycles. The van der Waals surface area contributed by atoms with Crippen molar-refractivity contribution >= 4 is 16.8 Å². The minimum Gasteiger partial charge on any atom is -0.351 e. The minimum atomic E-state index is 0.130. The number of aryl methyl sites for hydroxylation is 1. The number of fused-ring (bicyclic) bond motifs is 2. The van der Waals surface area contributed by atoms with E-state index in [-0.39, 0.29) is 5.91 Å². The van der Waals surface area contributed by atoms with Crippen LogP contribution in [-0.4, -0.2) is 34.4 Å². The molecule has 0 aliphatic heterocycles. The molecule has 5 rings (SSSR count). The van der Waals surface area contributed by atoms with Gasteiger partial charge in [-0.05, 0) is 68.7 Å². The lowest BCUT2D eigenvalue weighted by Gasteiger charge is -2.38. The summed E-state index contributed by atoms with van der Waals surface area (Å²) in [6.45, 7) is 2.85. The monoisotopic (exact) mass is 401 g/mol. The number of hydrogen-bond donors (Lipinski definition) is 2. The summed E-state index contributed by atoms with van der Waals surface area (Å²) in [5.74, 6) is 0.130. The van der Waals surface area contributed by atoms with E-state index in [0.29, 0.717) is 23.8 Å². The van der Waals surface area contributed by atoms with E-state index in [1.807, 2.05) is 24.3 Å². The van der Waals surface area contributed by atoms with Crippen LogP contribution in [0.15, 0.2) is 54.6 Å². The second-order valence-corrected chi connectivity index (χ2v) is 8.84. The van der Waals surface area contributed by atoms with Crippen molar-refractivity contribution in [3.05, 3.63) is 71.4 Å². The molecule has 2 aromatic carbocycles. The van der Waals surface area contributed by atoms with Gasteiger partial charge in [0.2, 0.25) is 0 Å². The Labute approximate surface area is 178 Å². The lowest BCUT2D eigenvalue weighted by Crippen LogP contribution is -2.47. The molecule has 1 amide bonds. The van der Waals surface area contributed by atoms with Gasteiger partial charge in [0.1, 0.15) is 5.69 Å². The Bertz CT molecular complexity index is 1010. The summed E-state index contributed by atoms with van der Waals surface area (Å²) < 4.78 is 0. The SMILES string of the molecule is CCN(C(=O)c1cc2ccccc2[nH]1)[C@@H]1CCC[C@H](N[C@@H]2CCc3ccccc32)C1. The molecule has 2 aliphatic rings. The van der Waals surface area contributed by atoms with Crippen LogP contribution in [0.1, 0.15) is 66.7 Å². The Morgan fingerprint density at radius 3 is 2.80 bits per heavy atom. The Morgan fingerprint density at radius 2 is 1.93 bits per heavy atom. The predicted molar refractivity (Wildman–Crippen MR) is 122 cm³/mol. The Balaban J connectivity index is 1.29. The number of H-pyrrole nitrogens is 1. The highest BCUT2D eigenvalue weighted by molar-refractivity contribution is 5.98. The van der Waals surface area contributed by atoms with Crippen molar-refractivity contribution in [2.24, 2.45) is 0 Å². The predicted octanol–water partition coefficient (Wildman–Crippen LogP) is 5.22. The number of rotatable bonds is 5. The third kappa shape index (κ3) is 3.65. The standard InChI is InChI=1S/C26H31N3O/c1-2-29(26(30)25-16-19-9-4-6-13-23(19)28-25)21-11-7-10-20(17-21)27-24-15-14-18-8-3-5-12-22(18)24/h3-6,8-9,12-13,16,20-21,24,27-28H,2,7,10-11,14-15,17H2,1H3/t20-,21+,24+/m0/s1. The number of benzene rings is 2. The van der Waals surface area contributed by atoms with Crippen molar-refractivity contribution < 1.29 is 4.79 Å². The highest BCUT2D eigenvalue weighted by Crippen LogP contribution is 2.33. The lowest BCUT2D eigenvalue weighted by atomic mass is 9.89. The Hall–Kier alpha value is -2.59. The lowest BCUT2D eigenvalue weighted by molar-refractivity contribution is 0.0620. The van der Waals surface area contributed by atoms with E-state index in [1.54, 1.807) is 0 Å². The van der Waals surface area contributed by atoms with Gasteiger partial charge >= 0.3 is 0 Å². The van der Waals surface area contributed by atoms with Gasteiger partial charge in [-0.1, -0.05) is 42.5 Å². The molecule has 2 N–H and O–H groups in total. The first-order valence-electron chi connectivity index (χ1n) is 11.5. The molecule has 0 saturated heterocycles. The van der Waals surface area contributed by atoms with Gasteiger partial charge in [-0.3, -0.25) is 4.79 Å². The Morgan fingerprint density at radius 1 is 1.10 bits per heavy atom. The number of para-hydroxylation sites is 1. The van der Waals surface area contributed by atoms with Crippen molar-refractivity contribution in [2.75, 3.05) is 6.54 Å². The van der Waals surface area contributed by atoms with Crippen LogP contribution < -0.4 is 5.32 Å². The molecule has 0 bridgehead atoms. The molecule has 3 aromatic rings. The van der Waals surface area contributed by atoms with Crippen molar-refractivity contribution in [1.82, 2.24) is 15.2 Å². The molecule has 2 aliphatic carbocycles. The topological polar surface area (TPSA) is 48.1 Å². The highest BCUT2D eigenvalue weighted by Gasteiger charge is 2.32. The quantitative estimate of drug-likeness (QED) is 0.616. The molecular formula is C26H31N3O. The number of aromatic amines is 1. The molecule has 30 heavy (non-hydrogen) atoms. The van der Waals surface area contributed by atoms with Gasteiger partial charge in [0.05, 0.1) is 0 Å². The largest absolute Gasteiger partial charge is 0.351 e. The Kier molecular flexibility index (Phi) is 5.34. The highest BCUT2D eigenvalue weighted by atomic mass is 16.2. The fourth-order valence-electron chi connectivity index (χ4n) is 5.52. The van der Waals surface area contributed by atoms with Gasteiger partial charge < -0.3 is 15.2 Å². The van der Waals surface area contributed by atoms with Gasteiger partial charge in [0, 0.05) is 35.6 Å². The van der Waals surface area contributed by atoms with Crippen LogP contribution in [0.25, 0.3) is 10.9 Å². The number of carbonyl (C=O) groups is 1. The summed E-state index contributed by atoms with van der Waals surface area (Å²) in [6.07, 6.45) is 6.87. The fraction of sp³-hybridized carbons (Fsp3) is 0.423. The third-order valence-electron chi connectivity index (χ3n) is 7.02. The summed E-state index contributed by atoms with van der Waals surface area (Å²) in [5.41, 5.74) is 4.70. The van der Waals surface area contributed by atoms with Crippen LogP contribution in [0.2, 0.25) is 0 Å². The maximum absolute atomic E-state index is 13.3. The van der Waals surface area contributed by atoms with E-state index in [2.05, 4.69) is 52.5 Å². The van der Waals surface area contributed by atoms with Crippen LogP contribution in [0.3, 0.4) is 0 Å². The number of aromatic nitrogens is 1. The van der Waals surface area contributed by atoms with Crippen LogP contribution in [-0.2, 0) is 6.42 Å². The third-order valence-corrected chi connectivity index (χ3v) is 7.02. The molecule has 4 nitrogen and oxygen atoms in total. The zero-order valence-electron chi connectivity index (χ0n) is 17.7. The summed E-state index contributed by atoms with van der Waals surface area (Å²) in [7, 11) is 0. The van der Waals surface area contributed by atoms with E-state index >= 15 is 0 Å². The van der Waals surface area contributed by atoms with Crippen molar-refractivity contribution in [1.29, 1.82) is 0 Å². The smallest absolute Gasteiger partial charge is 0.270 e. The first kappa shape index (κ1) is 19.4. The number of carbonyl (C=O) groups excluding carboxylic acids is 1. The van der Waals surface area contributed by atoms with E-state index in [4.69, 9.17) is 0 Å². The molecule has 0 radical (unpaired) electrons. The summed E-state index contributed by atoms with van der Waals surface area (Å²) >= 11 is 0. The first-order chi connectivity index (χ1) is 14.7. The van der Waals surface area contributed by atoms with Crippen LogP contribution in [0, 0.1) is 0 Å². The molecule has 1 fully saturated rings. The molecule has 1 heterocycles. The molecule has 0 spiro atoms. The molecular weight excluding hydrogens is 370 g/mol. The minimum absolute atomic E-state index is 0.130. The second-order valence-electron chi connectivity index (χ2n) is 8.84. The average Bonchev–Trinajstić information content (AvgIpc) is 3.39. The van der Waals surface area contributed by atoms with Gasteiger partial charge in [-0.15, -0.1) is 0 Å². The second kappa shape index (κ2) is 8.27. The zero-order chi connectivity index (χ0) is 20.5. The maximum atomic E-state index is 13.3. The summed E-state index contributed by atoms with van der Waals surface area (Å²) in [4.78, 5) is 18.7.